The summed E-state index contributed by atoms with van der Waals surface area (Å²) in [7, 11) is 3.80. The van der Waals surface area contributed by atoms with E-state index < -0.39 is 5.97 Å². The zero-order chi connectivity index (χ0) is 11.5. The van der Waals surface area contributed by atoms with E-state index in [-0.39, 0.29) is 0 Å². The van der Waals surface area contributed by atoms with Crippen molar-refractivity contribution in [3.05, 3.63) is 0 Å². The first-order chi connectivity index (χ1) is 7.16. The molecule has 0 amide bonds. The third-order valence-corrected chi connectivity index (χ3v) is 2.32. The summed E-state index contributed by atoms with van der Waals surface area (Å²) in [5.74, 6) is -0.691. The Bertz CT molecular complexity index is 162. The van der Waals surface area contributed by atoms with Gasteiger partial charge in [0, 0.05) is 26.7 Å². The molecule has 0 unspecified atom stereocenters. The molecule has 0 aromatic carbocycles. The molecule has 0 radical (unpaired) electrons. The molecule has 0 heterocycles. The van der Waals surface area contributed by atoms with Crippen molar-refractivity contribution in [3.63, 3.8) is 0 Å². The molecule has 0 atom stereocenters. The Morgan fingerprint density at radius 2 is 1.87 bits per heavy atom. The van der Waals surface area contributed by atoms with E-state index in [1.165, 1.54) is 0 Å². The van der Waals surface area contributed by atoms with E-state index in [0.717, 1.165) is 45.4 Å². The van der Waals surface area contributed by atoms with Gasteiger partial charge >= 0.3 is 5.97 Å². The summed E-state index contributed by atoms with van der Waals surface area (Å²) in [6.07, 6.45) is 4.23. The zero-order valence-corrected chi connectivity index (χ0v) is 9.87. The number of nitrogens with zero attached hydrogens (tertiary/aromatic N) is 1. The number of carbonyl (C=O) groups is 1. The predicted octanol–water partition coefficient (Wildman–Crippen LogP) is 1.60. The van der Waals surface area contributed by atoms with Gasteiger partial charge in [-0.15, -0.1) is 0 Å². The Morgan fingerprint density at radius 1 is 1.20 bits per heavy atom. The quantitative estimate of drug-likeness (QED) is 0.565. The fraction of sp³-hybridized carbons (Fsp3) is 0.909. The SMILES string of the molecule is COCCCN(C)CCCCCC(=O)O. The lowest BCUT2D eigenvalue weighted by atomic mass is 10.2. The van der Waals surface area contributed by atoms with Gasteiger partial charge in [-0.1, -0.05) is 6.42 Å². The number of hydrogen-bond acceptors (Lipinski definition) is 3. The lowest BCUT2D eigenvalue weighted by Crippen LogP contribution is -2.21. The summed E-state index contributed by atoms with van der Waals surface area (Å²) in [5.41, 5.74) is 0. The molecule has 0 aliphatic rings. The Morgan fingerprint density at radius 3 is 2.47 bits per heavy atom. The van der Waals surface area contributed by atoms with E-state index in [4.69, 9.17) is 9.84 Å². The number of carboxylic acid groups (broad SMARTS) is 1. The van der Waals surface area contributed by atoms with Gasteiger partial charge in [0.1, 0.15) is 0 Å². The number of methoxy groups -OCH3 is 1. The van der Waals surface area contributed by atoms with E-state index in [0.29, 0.717) is 6.42 Å². The molecular formula is C11H23NO3. The number of unbranched alkanes of at least 4 members (excludes halogenated alkanes) is 2. The summed E-state index contributed by atoms with van der Waals surface area (Å²) in [4.78, 5) is 12.5. The highest BCUT2D eigenvalue weighted by atomic mass is 16.5. The monoisotopic (exact) mass is 217 g/mol. The van der Waals surface area contributed by atoms with Crippen LogP contribution in [0.5, 0.6) is 0 Å². The molecule has 0 aromatic rings. The molecule has 0 aromatic heterocycles. The summed E-state index contributed by atoms with van der Waals surface area (Å²) in [6.45, 7) is 2.90. The predicted molar refractivity (Wildman–Crippen MR) is 60.1 cm³/mol. The Balaban J connectivity index is 3.16. The maximum atomic E-state index is 10.2. The van der Waals surface area contributed by atoms with Crippen molar-refractivity contribution >= 4 is 5.97 Å². The van der Waals surface area contributed by atoms with Crippen LogP contribution in [0.3, 0.4) is 0 Å². The van der Waals surface area contributed by atoms with Crippen molar-refractivity contribution < 1.29 is 14.6 Å². The van der Waals surface area contributed by atoms with E-state index in [9.17, 15) is 4.79 Å². The highest BCUT2D eigenvalue weighted by molar-refractivity contribution is 5.66. The van der Waals surface area contributed by atoms with Crippen LogP contribution in [0, 0.1) is 0 Å². The molecule has 0 fully saturated rings. The van der Waals surface area contributed by atoms with Gasteiger partial charge in [-0.3, -0.25) is 4.79 Å². The fourth-order valence-electron chi connectivity index (χ4n) is 1.43. The maximum absolute atomic E-state index is 10.2. The van der Waals surface area contributed by atoms with Crippen molar-refractivity contribution in [3.8, 4) is 0 Å². The Hall–Kier alpha value is -0.610. The average Bonchev–Trinajstić information content (AvgIpc) is 2.17. The van der Waals surface area contributed by atoms with E-state index >= 15 is 0 Å². The molecule has 1 N–H and O–H groups in total. The zero-order valence-electron chi connectivity index (χ0n) is 9.87. The van der Waals surface area contributed by atoms with Crippen LogP contribution in [0.25, 0.3) is 0 Å². The lowest BCUT2D eigenvalue weighted by molar-refractivity contribution is -0.137. The van der Waals surface area contributed by atoms with E-state index in [2.05, 4.69) is 11.9 Å². The van der Waals surface area contributed by atoms with Gasteiger partial charge in [0.15, 0.2) is 0 Å². The van der Waals surface area contributed by atoms with Crippen LogP contribution in [0.4, 0.5) is 0 Å². The van der Waals surface area contributed by atoms with Gasteiger partial charge < -0.3 is 14.7 Å². The first kappa shape index (κ1) is 14.4. The topological polar surface area (TPSA) is 49.8 Å². The second kappa shape index (κ2) is 9.93. The average molecular weight is 217 g/mol. The highest BCUT2D eigenvalue weighted by Gasteiger charge is 1.99. The standard InChI is InChI=1S/C11H23NO3/c1-12(9-6-10-15-2)8-5-3-4-7-11(13)14/h3-10H2,1-2H3,(H,13,14). The van der Waals surface area contributed by atoms with Crippen LogP contribution < -0.4 is 0 Å². The highest BCUT2D eigenvalue weighted by Crippen LogP contribution is 2.01. The minimum Gasteiger partial charge on any atom is -0.481 e. The number of rotatable bonds is 10. The third-order valence-electron chi connectivity index (χ3n) is 2.32. The van der Waals surface area contributed by atoms with Crippen LogP contribution in [0.15, 0.2) is 0 Å². The number of carboxylic acids is 1. The van der Waals surface area contributed by atoms with Crippen LogP contribution >= 0.6 is 0 Å². The maximum Gasteiger partial charge on any atom is 0.303 e. The lowest BCUT2D eigenvalue weighted by Gasteiger charge is -2.15. The molecule has 0 rings (SSSR count). The van der Waals surface area contributed by atoms with Crippen molar-refractivity contribution in [2.75, 3.05) is 33.9 Å². The molecule has 90 valence electrons. The second-order valence-corrected chi connectivity index (χ2v) is 3.85. The van der Waals surface area contributed by atoms with Gasteiger partial charge in [0.2, 0.25) is 0 Å². The van der Waals surface area contributed by atoms with Crippen LogP contribution in [-0.4, -0.2) is 49.8 Å². The van der Waals surface area contributed by atoms with Crippen LogP contribution in [0.2, 0.25) is 0 Å². The summed E-state index contributed by atoms with van der Waals surface area (Å²) in [5, 5.41) is 8.44. The molecule has 4 nitrogen and oxygen atoms in total. The fourth-order valence-corrected chi connectivity index (χ4v) is 1.43. The molecule has 4 heteroatoms. The molecule has 0 spiro atoms. The molecule has 0 aliphatic carbocycles. The minimum absolute atomic E-state index is 0.299. The van der Waals surface area contributed by atoms with Gasteiger partial charge in [0.25, 0.3) is 0 Å². The number of hydrogen-bond donors (Lipinski definition) is 1. The molecule has 0 bridgehead atoms. The first-order valence-corrected chi connectivity index (χ1v) is 5.56. The summed E-state index contributed by atoms with van der Waals surface area (Å²) >= 11 is 0. The normalized spacial score (nSPS) is 10.9. The van der Waals surface area contributed by atoms with Crippen LogP contribution in [-0.2, 0) is 9.53 Å². The van der Waals surface area contributed by atoms with Gasteiger partial charge in [-0.05, 0) is 32.9 Å². The molecule has 0 aliphatic heterocycles. The van der Waals surface area contributed by atoms with Crippen molar-refractivity contribution in [2.24, 2.45) is 0 Å². The van der Waals surface area contributed by atoms with Gasteiger partial charge in [-0.2, -0.15) is 0 Å². The van der Waals surface area contributed by atoms with Crippen molar-refractivity contribution in [1.82, 2.24) is 4.90 Å². The van der Waals surface area contributed by atoms with Gasteiger partial charge in [-0.25, -0.2) is 0 Å². The van der Waals surface area contributed by atoms with Crippen molar-refractivity contribution in [2.45, 2.75) is 32.1 Å². The molecular weight excluding hydrogens is 194 g/mol. The third kappa shape index (κ3) is 11.3. The summed E-state index contributed by atoms with van der Waals surface area (Å²) in [6, 6.07) is 0. The minimum atomic E-state index is -0.691. The summed E-state index contributed by atoms with van der Waals surface area (Å²) < 4.78 is 4.97. The molecule has 0 saturated carbocycles. The van der Waals surface area contributed by atoms with Gasteiger partial charge in [0.05, 0.1) is 0 Å². The number of aliphatic carboxylic acids is 1. The number of ether oxygens (including phenoxy) is 1. The molecule has 0 saturated heterocycles. The van der Waals surface area contributed by atoms with E-state index in [1.807, 2.05) is 0 Å². The Kier molecular flexibility index (Phi) is 9.52. The van der Waals surface area contributed by atoms with Crippen LogP contribution in [0.1, 0.15) is 32.1 Å². The van der Waals surface area contributed by atoms with E-state index in [1.54, 1.807) is 7.11 Å². The van der Waals surface area contributed by atoms with Crippen molar-refractivity contribution in [1.29, 1.82) is 0 Å². The molecule has 15 heavy (non-hydrogen) atoms. The largest absolute Gasteiger partial charge is 0.481 e. The second-order valence-electron chi connectivity index (χ2n) is 3.85. The first-order valence-electron chi connectivity index (χ1n) is 5.56. The smallest absolute Gasteiger partial charge is 0.303 e. The Labute approximate surface area is 92.2 Å².